The fraction of sp³-hybridized carbons (Fsp3) is 0.333. The van der Waals surface area contributed by atoms with E-state index in [9.17, 15) is 9.59 Å². The number of amides is 1. The Morgan fingerprint density at radius 3 is 2.71 bits per heavy atom. The van der Waals surface area contributed by atoms with Crippen molar-refractivity contribution in [3.8, 4) is 0 Å². The third-order valence-electron chi connectivity index (χ3n) is 2.30. The predicted molar refractivity (Wildman–Crippen MR) is 68.5 cm³/mol. The van der Waals surface area contributed by atoms with Gasteiger partial charge in [0.2, 0.25) is 0 Å². The van der Waals surface area contributed by atoms with Crippen molar-refractivity contribution in [2.45, 2.75) is 19.4 Å². The van der Waals surface area contributed by atoms with Crippen molar-refractivity contribution in [1.82, 2.24) is 5.32 Å². The van der Waals surface area contributed by atoms with Gasteiger partial charge in [-0.1, -0.05) is 17.7 Å². The second-order valence-electron chi connectivity index (χ2n) is 3.75. The van der Waals surface area contributed by atoms with Crippen LogP contribution in [0.15, 0.2) is 24.3 Å². The van der Waals surface area contributed by atoms with Gasteiger partial charge in [0, 0.05) is 5.56 Å². The lowest BCUT2D eigenvalue weighted by Crippen LogP contribution is -2.41. The van der Waals surface area contributed by atoms with Gasteiger partial charge in [-0.3, -0.25) is 4.79 Å². The van der Waals surface area contributed by atoms with Gasteiger partial charge in [0.1, 0.15) is 6.04 Å². The SMILES string of the molecule is Cc1cccc(C(=O)N[C@@H](CCS)C(=O)O)c1. The Hall–Kier alpha value is -1.49. The van der Waals surface area contributed by atoms with Gasteiger partial charge in [0.05, 0.1) is 0 Å². The van der Waals surface area contributed by atoms with Crippen LogP contribution in [-0.2, 0) is 4.79 Å². The Bertz CT molecular complexity index is 420. The van der Waals surface area contributed by atoms with E-state index in [2.05, 4.69) is 17.9 Å². The van der Waals surface area contributed by atoms with E-state index >= 15 is 0 Å². The van der Waals surface area contributed by atoms with Gasteiger partial charge in [-0.2, -0.15) is 12.6 Å². The van der Waals surface area contributed by atoms with Crippen LogP contribution in [0, 0.1) is 6.92 Å². The second kappa shape index (κ2) is 6.30. The molecule has 0 heterocycles. The molecule has 0 saturated carbocycles. The molecule has 0 aromatic heterocycles. The molecule has 0 aliphatic carbocycles. The molecule has 0 spiro atoms. The van der Waals surface area contributed by atoms with Crippen LogP contribution in [0.25, 0.3) is 0 Å². The van der Waals surface area contributed by atoms with E-state index in [4.69, 9.17) is 5.11 Å². The van der Waals surface area contributed by atoms with Gasteiger partial charge in [-0.05, 0) is 31.2 Å². The largest absolute Gasteiger partial charge is 0.480 e. The number of nitrogens with one attached hydrogen (secondary N) is 1. The van der Waals surface area contributed by atoms with E-state index in [0.29, 0.717) is 17.7 Å². The number of aliphatic carboxylic acids is 1. The van der Waals surface area contributed by atoms with Crippen molar-refractivity contribution in [2.75, 3.05) is 5.75 Å². The molecule has 1 rings (SSSR count). The molecule has 1 amide bonds. The van der Waals surface area contributed by atoms with E-state index < -0.39 is 12.0 Å². The van der Waals surface area contributed by atoms with Gasteiger partial charge in [-0.15, -0.1) is 0 Å². The molecule has 0 aliphatic heterocycles. The lowest BCUT2D eigenvalue weighted by molar-refractivity contribution is -0.139. The van der Waals surface area contributed by atoms with Crippen LogP contribution in [-0.4, -0.2) is 28.8 Å². The average molecular weight is 253 g/mol. The fourth-order valence-electron chi connectivity index (χ4n) is 1.41. The van der Waals surface area contributed by atoms with Crippen LogP contribution >= 0.6 is 12.6 Å². The molecular weight excluding hydrogens is 238 g/mol. The summed E-state index contributed by atoms with van der Waals surface area (Å²) in [5.74, 6) is -1.01. The number of rotatable bonds is 5. The maximum Gasteiger partial charge on any atom is 0.326 e. The molecule has 1 atom stereocenters. The number of hydrogen-bond donors (Lipinski definition) is 3. The first kappa shape index (κ1) is 13.6. The van der Waals surface area contributed by atoms with Crippen molar-refractivity contribution in [3.05, 3.63) is 35.4 Å². The number of benzene rings is 1. The normalized spacial score (nSPS) is 11.9. The molecule has 0 unspecified atom stereocenters. The number of hydrogen-bond acceptors (Lipinski definition) is 3. The minimum atomic E-state index is -1.04. The Kier molecular flexibility index (Phi) is 5.03. The summed E-state index contributed by atoms with van der Waals surface area (Å²) in [6.45, 7) is 1.87. The first-order chi connectivity index (χ1) is 8.04. The molecular formula is C12H15NO3S. The third-order valence-corrected chi connectivity index (χ3v) is 2.56. The quantitative estimate of drug-likeness (QED) is 0.697. The van der Waals surface area contributed by atoms with Crippen LogP contribution < -0.4 is 5.32 Å². The summed E-state index contributed by atoms with van der Waals surface area (Å²) in [4.78, 5) is 22.7. The summed E-state index contributed by atoms with van der Waals surface area (Å²) in [5.41, 5.74) is 1.43. The summed E-state index contributed by atoms with van der Waals surface area (Å²) in [7, 11) is 0. The second-order valence-corrected chi connectivity index (χ2v) is 4.19. The van der Waals surface area contributed by atoms with Crippen LogP contribution in [0.2, 0.25) is 0 Å². The number of carboxylic acid groups (broad SMARTS) is 1. The summed E-state index contributed by atoms with van der Waals surface area (Å²) in [6.07, 6.45) is 0.302. The number of carboxylic acids is 1. The molecule has 5 heteroatoms. The zero-order chi connectivity index (χ0) is 12.8. The van der Waals surface area contributed by atoms with Gasteiger partial charge < -0.3 is 10.4 Å². The molecule has 0 saturated heterocycles. The lowest BCUT2D eigenvalue weighted by Gasteiger charge is -2.13. The zero-order valence-electron chi connectivity index (χ0n) is 9.51. The summed E-state index contributed by atoms with van der Waals surface area (Å²) >= 11 is 3.97. The smallest absolute Gasteiger partial charge is 0.326 e. The predicted octanol–water partition coefficient (Wildman–Crippen LogP) is 1.50. The maximum absolute atomic E-state index is 11.8. The molecule has 0 radical (unpaired) electrons. The first-order valence-electron chi connectivity index (χ1n) is 5.26. The fourth-order valence-corrected chi connectivity index (χ4v) is 1.67. The minimum Gasteiger partial charge on any atom is -0.480 e. The highest BCUT2D eigenvalue weighted by atomic mass is 32.1. The minimum absolute atomic E-state index is 0.302. The third kappa shape index (κ3) is 4.11. The van der Waals surface area contributed by atoms with Gasteiger partial charge in [0.15, 0.2) is 0 Å². The van der Waals surface area contributed by atoms with Crippen molar-refractivity contribution in [3.63, 3.8) is 0 Å². The Morgan fingerprint density at radius 2 is 2.18 bits per heavy atom. The highest BCUT2D eigenvalue weighted by Gasteiger charge is 2.19. The topological polar surface area (TPSA) is 66.4 Å². The summed E-state index contributed by atoms with van der Waals surface area (Å²) in [6, 6.07) is 6.12. The number of carbonyl (C=O) groups is 2. The molecule has 2 N–H and O–H groups in total. The van der Waals surface area contributed by atoms with E-state index in [0.717, 1.165) is 5.56 Å². The van der Waals surface area contributed by atoms with Crippen LogP contribution in [0.5, 0.6) is 0 Å². The lowest BCUT2D eigenvalue weighted by atomic mass is 10.1. The molecule has 0 bridgehead atoms. The van der Waals surface area contributed by atoms with Crippen molar-refractivity contribution >= 4 is 24.5 Å². The van der Waals surface area contributed by atoms with Crippen molar-refractivity contribution < 1.29 is 14.7 Å². The maximum atomic E-state index is 11.8. The number of thiol groups is 1. The molecule has 92 valence electrons. The highest BCUT2D eigenvalue weighted by Crippen LogP contribution is 2.05. The molecule has 1 aromatic carbocycles. The van der Waals surface area contributed by atoms with E-state index in [-0.39, 0.29) is 5.91 Å². The zero-order valence-corrected chi connectivity index (χ0v) is 10.4. The van der Waals surface area contributed by atoms with Crippen molar-refractivity contribution in [1.29, 1.82) is 0 Å². The average Bonchev–Trinajstić information content (AvgIpc) is 2.28. The summed E-state index contributed by atoms with van der Waals surface area (Å²) < 4.78 is 0. The van der Waals surface area contributed by atoms with Gasteiger partial charge in [-0.25, -0.2) is 4.79 Å². The van der Waals surface area contributed by atoms with Crippen LogP contribution in [0.3, 0.4) is 0 Å². The van der Waals surface area contributed by atoms with E-state index in [1.165, 1.54) is 0 Å². The van der Waals surface area contributed by atoms with Gasteiger partial charge >= 0.3 is 5.97 Å². The van der Waals surface area contributed by atoms with Crippen LogP contribution in [0.4, 0.5) is 0 Å². The molecule has 0 fully saturated rings. The molecule has 17 heavy (non-hydrogen) atoms. The number of carbonyl (C=O) groups excluding carboxylic acids is 1. The standard InChI is InChI=1S/C12H15NO3S/c1-8-3-2-4-9(7-8)11(14)13-10(5-6-17)12(15)16/h2-4,7,10,17H,5-6H2,1H3,(H,13,14)(H,15,16)/t10-/m0/s1. The van der Waals surface area contributed by atoms with E-state index in [1.54, 1.807) is 18.2 Å². The molecule has 4 nitrogen and oxygen atoms in total. The summed E-state index contributed by atoms with van der Waals surface area (Å²) in [5, 5.41) is 11.4. The Morgan fingerprint density at radius 1 is 1.47 bits per heavy atom. The molecule has 0 aliphatic rings. The van der Waals surface area contributed by atoms with Crippen molar-refractivity contribution in [2.24, 2.45) is 0 Å². The highest BCUT2D eigenvalue weighted by molar-refractivity contribution is 7.80. The first-order valence-corrected chi connectivity index (χ1v) is 5.89. The Balaban J connectivity index is 2.73. The monoisotopic (exact) mass is 253 g/mol. The number of aryl methyl sites for hydroxylation is 1. The molecule has 1 aromatic rings. The van der Waals surface area contributed by atoms with Crippen LogP contribution in [0.1, 0.15) is 22.3 Å². The van der Waals surface area contributed by atoms with E-state index in [1.807, 2.05) is 13.0 Å². The van der Waals surface area contributed by atoms with Gasteiger partial charge in [0.25, 0.3) is 5.91 Å². The Labute approximate surface area is 105 Å².